The molecule has 0 aromatic heterocycles. The molecule has 1 atom stereocenters. The van der Waals surface area contributed by atoms with Crippen LogP contribution < -0.4 is 19.1 Å². The molecule has 9 nitrogen and oxygen atoms in total. The van der Waals surface area contributed by atoms with Gasteiger partial charge in [-0.3, -0.25) is 13.9 Å². The van der Waals surface area contributed by atoms with Crippen LogP contribution in [0.5, 0.6) is 11.5 Å². The molecule has 0 radical (unpaired) electrons. The summed E-state index contributed by atoms with van der Waals surface area (Å²) in [5.74, 6) is 0.459. The minimum absolute atomic E-state index is 0.0903. The minimum atomic E-state index is -3.82. The van der Waals surface area contributed by atoms with Gasteiger partial charge in [0, 0.05) is 18.7 Å². The molecule has 0 aliphatic heterocycles. The third-order valence-corrected chi connectivity index (χ3v) is 8.01. The van der Waals surface area contributed by atoms with Gasteiger partial charge in [-0.25, -0.2) is 8.42 Å². The lowest BCUT2D eigenvalue weighted by Crippen LogP contribution is -2.53. The van der Waals surface area contributed by atoms with Crippen molar-refractivity contribution in [3.63, 3.8) is 0 Å². The van der Waals surface area contributed by atoms with Crippen molar-refractivity contribution in [2.24, 2.45) is 0 Å². The lowest BCUT2D eigenvalue weighted by Gasteiger charge is -2.34. The molecule has 38 heavy (non-hydrogen) atoms. The van der Waals surface area contributed by atoms with Crippen molar-refractivity contribution in [3.05, 3.63) is 54.1 Å². The van der Waals surface area contributed by atoms with E-state index in [0.717, 1.165) is 48.2 Å². The van der Waals surface area contributed by atoms with Gasteiger partial charge in [-0.05, 0) is 49.1 Å². The average molecular weight is 546 g/mol. The van der Waals surface area contributed by atoms with E-state index in [1.54, 1.807) is 43.5 Å². The number of nitrogens with zero attached hydrogens (tertiary/aromatic N) is 2. The molecule has 10 heteroatoms. The van der Waals surface area contributed by atoms with Gasteiger partial charge in [0.2, 0.25) is 21.8 Å². The van der Waals surface area contributed by atoms with Gasteiger partial charge in [-0.1, -0.05) is 44.4 Å². The molecule has 1 aliphatic carbocycles. The highest BCUT2D eigenvalue weighted by molar-refractivity contribution is 7.92. The summed E-state index contributed by atoms with van der Waals surface area (Å²) < 4.78 is 37.1. The molecule has 0 saturated heterocycles. The summed E-state index contributed by atoms with van der Waals surface area (Å²) in [4.78, 5) is 28.8. The fraction of sp³-hybridized carbons (Fsp3) is 0.500. The zero-order valence-corrected chi connectivity index (χ0v) is 23.5. The molecule has 1 aliphatic rings. The quantitative estimate of drug-likeness (QED) is 0.436. The molecule has 2 aromatic rings. The summed E-state index contributed by atoms with van der Waals surface area (Å²) in [5.41, 5.74) is 1.11. The van der Waals surface area contributed by atoms with Gasteiger partial charge >= 0.3 is 0 Å². The Morgan fingerprint density at radius 2 is 1.66 bits per heavy atom. The third-order valence-electron chi connectivity index (χ3n) is 6.87. The number of carbonyl (C=O) groups is 2. The van der Waals surface area contributed by atoms with Gasteiger partial charge in [0.15, 0.2) is 0 Å². The van der Waals surface area contributed by atoms with Gasteiger partial charge in [-0.15, -0.1) is 0 Å². The number of hydrogen-bond acceptors (Lipinski definition) is 6. The SMILES string of the molecule is CCC(C(=O)NC1CCCCC1)N(Cc1ccc(OC)cc1)C(=O)CN(c1cccc(OC)c1)S(C)(=O)=O. The number of methoxy groups -OCH3 is 2. The number of amides is 2. The predicted molar refractivity (Wildman–Crippen MR) is 148 cm³/mol. The number of benzene rings is 2. The van der Waals surface area contributed by atoms with E-state index < -0.39 is 28.5 Å². The Hall–Kier alpha value is -3.27. The van der Waals surface area contributed by atoms with Gasteiger partial charge in [-0.2, -0.15) is 0 Å². The number of ether oxygens (including phenoxy) is 2. The Morgan fingerprint density at radius 1 is 1.00 bits per heavy atom. The van der Waals surface area contributed by atoms with Crippen LogP contribution >= 0.6 is 0 Å². The van der Waals surface area contributed by atoms with Gasteiger partial charge in [0.25, 0.3) is 0 Å². The second-order valence-electron chi connectivity index (χ2n) is 9.61. The summed E-state index contributed by atoms with van der Waals surface area (Å²) in [6.45, 7) is 1.56. The zero-order chi connectivity index (χ0) is 27.7. The summed E-state index contributed by atoms with van der Waals surface area (Å²) in [5, 5.41) is 3.14. The molecule has 208 valence electrons. The van der Waals surface area contributed by atoms with E-state index in [1.165, 1.54) is 12.0 Å². The first-order valence-corrected chi connectivity index (χ1v) is 14.9. The van der Waals surface area contributed by atoms with E-state index >= 15 is 0 Å². The molecule has 1 N–H and O–H groups in total. The maximum absolute atomic E-state index is 13.8. The van der Waals surface area contributed by atoms with Crippen LogP contribution in [-0.4, -0.2) is 64.2 Å². The smallest absolute Gasteiger partial charge is 0.244 e. The van der Waals surface area contributed by atoms with Gasteiger partial charge < -0.3 is 19.7 Å². The number of nitrogens with one attached hydrogen (secondary N) is 1. The second-order valence-corrected chi connectivity index (χ2v) is 11.5. The van der Waals surface area contributed by atoms with Crippen LogP contribution in [0.15, 0.2) is 48.5 Å². The summed E-state index contributed by atoms with van der Waals surface area (Å²) in [7, 11) is -0.752. The first kappa shape index (κ1) is 29.3. The lowest BCUT2D eigenvalue weighted by atomic mass is 9.95. The highest BCUT2D eigenvalue weighted by atomic mass is 32.2. The summed E-state index contributed by atoms with van der Waals surface area (Å²) in [6.07, 6.45) is 6.59. The second kappa shape index (κ2) is 13.5. The van der Waals surface area contributed by atoms with E-state index in [0.29, 0.717) is 23.6 Å². The van der Waals surface area contributed by atoms with Crippen molar-refractivity contribution >= 4 is 27.5 Å². The zero-order valence-electron chi connectivity index (χ0n) is 22.7. The topological polar surface area (TPSA) is 105 Å². The van der Waals surface area contributed by atoms with Crippen molar-refractivity contribution in [3.8, 4) is 11.5 Å². The average Bonchev–Trinajstić information content (AvgIpc) is 2.91. The number of carbonyl (C=O) groups excluding carboxylic acids is 2. The van der Waals surface area contributed by atoms with Crippen LogP contribution in [0.3, 0.4) is 0 Å². The highest BCUT2D eigenvalue weighted by Crippen LogP contribution is 2.25. The fourth-order valence-corrected chi connectivity index (χ4v) is 5.61. The summed E-state index contributed by atoms with van der Waals surface area (Å²) in [6, 6.07) is 13.1. The molecule has 2 amide bonds. The highest BCUT2D eigenvalue weighted by Gasteiger charge is 2.33. The van der Waals surface area contributed by atoms with E-state index in [-0.39, 0.29) is 18.5 Å². The van der Waals surface area contributed by atoms with E-state index in [9.17, 15) is 18.0 Å². The number of hydrogen-bond donors (Lipinski definition) is 1. The van der Waals surface area contributed by atoms with E-state index in [4.69, 9.17) is 9.47 Å². The Labute approximate surface area is 226 Å². The third kappa shape index (κ3) is 7.86. The van der Waals surface area contributed by atoms with Crippen LogP contribution in [0.1, 0.15) is 51.0 Å². The van der Waals surface area contributed by atoms with Crippen molar-refractivity contribution in [2.45, 2.75) is 64.1 Å². The van der Waals surface area contributed by atoms with Crippen LogP contribution in [0, 0.1) is 0 Å². The molecule has 0 spiro atoms. The number of rotatable bonds is 12. The molecule has 1 unspecified atom stereocenters. The normalized spacial score (nSPS) is 14.8. The molecular formula is C28H39N3O6S. The van der Waals surface area contributed by atoms with E-state index in [2.05, 4.69) is 5.32 Å². The molecule has 0 heterocycles. The molecule has 1 saturated carbocycles. The Balaban J connectivity index is 1.92. The van der Waals surface area contributed by atoms with Crippen molar-refractivity contribution in [2.75, 3.05) is 31.3 Å². The molecule has 0 bridgehead atoms. The molecule has 2 aromatic carbocycles. The Kier molecular flexibility index (Phi) is 10.4. The Morgan fingerprint density at radius 3 is 2.24 bits per heavy atom. The minimum Gasteiger partial charge on any atom is -0.497 e. The summed E-state index contributed by atoms with van der Waals surface area (Å²) >= 11 is 0. The largest absolute Gasteiger partial charge is 0.497 e. The van der Waals surface area contributed by atoms with Gasteiger partial charge in [0.05, 0.1) is 26.2 Å². The van der Waals surface area contributed by atoms with Crippen molar-refractivity contribution in [1.29, 1.82) is 0 Å². The molecular weight excluding hydrogens is 506 g/mol. The number of anilines is 1. The van der Waals surface area contributed by atoms with Crippen molar-refractivity contribution in [1.82, 2.24) is 10.2 Å². The van der Waals surface area contributed by atoms with E-state index in [1.807, 2.05) is 19.1 Å². The predicted octanol–water partition coefficient (Wildman–Crippen LogP) is 3.73. The fourth-order valence-electron chi connectivity index (χ4n) is 4.77. The maximum atomic E-state index is 13.8. The monoisotopic (exact) mass is 545 g/mol. The number of sulfonamides is 1. The Bertz CT molecular complexity index is 1180. The molecule has 1 fully saturated rings. The lowest BCUT2D eigenvalue weighted by molar-refractivity contribution is -0.140. The van der Waals surface area contributed by atoms with Crippen LogP contribution in [0.2, 0.25) is 0 Å². The van der Waals surface area contributed by atoms with Crippen LogP contribution in [-0.2, 0) is 26.2 Å². The standard InChI is InChI=1S/C28H39N3O6S/c1-5-26(28(33)29-22-10-7-6-8-11-22)30(19-21-14-16-24(36-2)17-15-21)27(32)20-31(38(4,34)35)23-12-9-13-25(18-23)37-3/h9,12-18,22,26H,5-8,10-11,19-20H2,1-4H3,(H,29,33). The van der Waals surface area contributed by atoms with Crippen LogP contribution in [0.4, 0.5) is 5.69 Å². The maximum Gasteiger partial charge on any atom is 0.244 e. The molecule has 3 rings (SSSR count). The van der Waals surface area contributed by atoms with Crippen LogP contribution in [0.25, 0.3) is 0 Å². The van der Waals surface area contributed by atoms with Crippen molar-refractivity contribution < 1.29 is 27.5 Å². The van der Waals surface area contributed by atoms with Gasteiger partial charge in [0.1, 0.15) is 24.1 Å². The first-order chi connectivity index (χ1) is 18.2. The first-order valence-electron chi connectivity index (χ1n) is 13.0.